The van der Waals surface area contributed by atoms with Crippen molar-refractivity contribution >= 4 is 0 Å². The first-order chi connectivity index (χ1) is 6.60. The summed E-state index contributed by atoms with van der Waals surface area (Å²) in [6, 6.07) is 2.99. The smallest absolute Gasteiger partial charge is 0.130 e. The first kappa shape index (κ1) is 9.46. The van der Waals surface area contributed by atoms with Gasteiger partial charge in [-0.1, -0.05) is 6.07 Å². The molecule has 0 atom stereocenters. The molecule has 1 aromatic carbocycles. The van der Waals surface area contributed by atoms with Crippen LogP contribution < -0.4 is 5.73 Å². The second-order valence-corrected chi connectivity index (χ2v) is 4.07. The standard InChI is InChI=1S/C11H14FNO/c1-7-2-3-8(12)9(10(7)14)11(6-13)4-5-11/h2-3,14H,4-6,13H2,1H3. The molecule has 0 unspecified atom stereocenters. The van der Waals surface area contributed by atoms with Crippen LogP contribution in [0.2, 0.25) is 0 Å². The van der Waals surface area contributed by atoms with Crippen molar-refractivity contribution < 1.29 is 9.50 Å². The van der Waals surface area contributed by atoms with Crippen LogP contribution in [0.5, 0.6) is 5.75 Å². The molecular weight excluding hydrogens is 181 g/mol. The average Bonchev–Trinajstić information content (AvgIpc) is 2.93. The molecule has 2 nitrogen and oxygen atoms in total. The first-order valence-electron chi connectivity index (χ1n) is 4.79. The summed E-state index contributed by atoms with van der Waals surface area (Å²) in [5.41, 5.74) is 6.45. The van der Waals surface area contributed by atoms with Crippen molar-refractivity contribution in [1.82, 2.24) is 0 Å². The van der Waals surface area contributed by atoms with E-state index in [9.17, 15) is 9.50 Å². The quantitative estimate of drug-likeness (QED) is 0.756. The van der Waals surface area contributed by atoms with E-state index < -0.39 is 0 Å². The van der Waals surface area contributed by atoms with Crippen LogP contribution in [0.15, 0.2) is 12.1 Å². The zero-order valence-corrected chi connectivity index (χ0v) is 8.18. The van der Waals surface area contributed by atoms with Crippen molar-refractivity contribution in [1.29, 1.82) is 0 Å². The zero-order chi connectivity index (χ0) is 10.3. The predicted octanol–water partition coefficient (Wildman–Crippen LogP) is 1.83. The summed E-state index contributed by atoms with van der Waals surface area (Å²) in [4.78, 5) is 0. The van der Waals surface area contributed by atoms with Crippen molar-refractivity contribution in [3.63, 3.8) is 0 Å². The minimum absolute atomic E-state index is 0.0768. The fourth-order valence-corrected chi connectivity index (χ4v) is 1.88. The van der Waals surface area contributed by atoms with E-state index in [1.54, 1.807) is 13.0 Å². The third kappa shape index (κ3) is 1.20. The number of aromatic hydroxyl groups is 1. The molecule has 2 rings (SSSR count). The van der Waals surface area contributed by atoms with Gasteiger partial charge < -0.3 is 10.8 Å². The van der Waals surface area contributed by atoms with Crippen LogP contribution in [0.25, 0.3) is 0 Å². The summed E-state index contributed by atoms with van der Waals surface area (Å²) in [5, 5.41) is 9.79. The summed E-state index contributed by atoms with van der Waals surface area (Å²) in [7, 11) is 0. The SMILES string of the molecule is Cc1ccc(F)c(C2(CN)CC2)c1O. The molecule has 1 fully saturated rings. The number of phenols is 1. The summed E-state index contributed by atoms with van der Waals surface area (Å²) < 4.78 is 13.5. The Morgan fingerprint density at radius 2 is 2.14 bits per heavy atom. The maximum atomic E-state index is 13.5. The highest BCUT2D eigenvalue weighted by Gasteiger charge is 2.46. The topological polar surface area (TPSA) is 46.2 Å². The number of nitrogens with two attached hydrogens (primary N) is 1. The van der Waals surface area contributed by atoms with E-state index in [1.165, 1.54) is 6.07 Å². The summed E-state index contributed by atoms with van der Waals surface area (Å²) in [6.07, 6.45) is 1.74. The Morgan fingerprint density at radius 3 is 2.64 bits per heavy atom. The molecule has 0 amide bonds. The molecule has 1 aliphatic rings. The molecule has 0 spiro atoms. The molecular formula is C11H14FNO. The highest BCUT2D eigenvalue weighted by atomic mass is 19.1. The van der Waals surface area contributed by atoms with E-state index in [-0.39, 0.29) is 17.0 Å². The van der Waals surface area contributed by atoms with Gasteiger partial charge in [0.1, 0.15) is 11.6 Å². The van der Waals surface area contributed by atoms with Gasteiger partial charge in [-0.2, -0.15) is 0 Å². The van der Waals surface area contributed by atoms with Crippen LogP contribution in [0.1, 0.15) is 24.0 Å². The van der Waals surface area contributed by atoms with E-state index in [1.807, 2.05) is 0 Å². The fourth-order valence-electron chi connectivity index (χ4n) is 1.88. The van der Waals surface area contributed by atoms with Crippen molar-refractivity contribution in [2.75, 3.05) is 6.54 Å². The fraction of sp³-hybridized carbons (Fsp3) is 0.455. The molecule has 3 heteroatoms. The zero-order valence-electron chi connectivity index (χ0n) is 8.18. The lowest BCUT2D eigenvalue weighted by molar-refractivity contribution is 0.441. The van der Waals surface area contributed by atoms with Gasteiger partial charge in [0.25, 0.3) is 0 Å². The maximum Gasteiger partial charge on any atom is 0.130 e. The third-order valence-corrected chi connectivity index (χ3v) is 3.10. The first-order valence-corrected chi connectivity index (χ1v) is 4.79. The number of benzene rings is 1. The number of phenolic OH excluding ortho intramolecular Hbond substituents is 1. The van der Waals surface area contributed by atoms with Crippen LogP contribution in [0, 0.1) is 12.7 Å². The molecule has 0 radical (unpaired) electrons. The second-order valence-electron chi connectivity index (χ2n) is 4.07. The lowest BCUT2D eigenvalue weighted by atomic mass is 9.93. The van der Waals surface area contributed by atoms with Gasteiger partial charge in [-0.05, 0) is 31.4 Å². The van der Waals surface area contributed by atoms with Gasteiger partial charge in [0.2, 0.25) is 0 Å². The molecule has 1 aromatic rings. The van der Waals surface area contributed by atoms with Gasteiger partial charge >= 0.3 is 0 Å². The molecule has 0 bridgehead atoms. The maximum absolute atomic E-state index is 13.5. The van der Waals surface area contributed by atoms with Gasteiger partial charge in [0, 0.05) is 17.5 Å². The summed E-state index contributed by atoms with van der Waals surface area (Å²) in [5.74, 6) is -0.260. The lowest BCUT2D eigenvalue weighted by Gasteiger charge is -2.16. The van der Waals surface area contributed by atoms with E-state index in [0.29, 0.717) is 17.7 Å². The largest absolute Gasteiger partial charge is 0.507 e. The Hall–Kier alpha value is -1.09. The normalized spacial score (nSPS) is 18.2. The van der Waals surface area contributed by atoms with E-state index in [0.717, 1.165) is 12.8 Å². The van der Waals surface area contributed by atoms with Gasteiger partial charge in [0.15, 0.2) is 0 Å². The Kier molecular flexibility index (Phi) is 2.00. The highest BCUT2D eigenvalue weighted by molar-refractivity contribution is 5.48. The molecule has 1 aliphatic carbocycles. The van der Waals surface area contributed by atoms with E-state index >= 15 is 0 Å². The Morgan fingerprint density at radius 1 is 1.50 bits per heavy atom. The van der Waals surface area contributed by atoms with Gasteiger partial charge in [-0.3, -0.25) is 0 Å². The lowest BCUT2D eigenvalue weighted by Crippen LogP contribution is -2.21. The number of rotatable bonds is 2. The van der Waals surface area contributed by atoms with E-state index in [2.05, 4.69) is 0 Å². The molecule has 76 valence electrons. The van der Waals surface area contributed by atoms with Crippen molar-refractivity contribution in [2.45, 2.75) is 25.2 Å². The Balaban J connectivity index is 2.57. The minimum Gasteiger partial charge on any atom is -0.507 e. The summed E-state index contributed by atoms with van der Waals surface area (Å²) in [6.45, 7) is 2.17. The predicted molar refractivity (Wildman–Crippen MR) is 52.8 cm³/mol. The molecule has 3 N–H and O–H groups in total. The Bertz CT molecular complexity index is 372. The van der Waals surface area contributed by atoms with Crippen molar-refractivity contribution in [3.05, 3.63) is 29.1 Å². The van der Waals surface area contributed by atoms with Crippen LogP contribution in [-0.2, 0) is 5.41 Å². The average molecular weight is 195 g/mol. The van der Waals surface area contributed by atoms with Crippen LogP contribution >= 0.6 is 0 Å². The number of halogens is 1. The van der Waals surface area contributed by atoms with Gasteiger partial charge in [-0.15, -0.1) is 0 Å². The minimum atomic E-state index is -0.337. The molecule has 0 heterocycles. The highest BCUT2D eigenvalue weighted by Crippen LogP contribution is 2.51. The number of hydrogen-bond donors (Lipinski definition) is 2. The van der Waals surface area contributed by atoms with Crippen LogP contribution in [-0.4, -0.2) is 11.7 Å². The van der Waals surface area contributed by atoms with E-state index in [4.69, 9.17) is 5.73 Å². The van der Waals surface area contributed by atoms with Gasteiger partial charge in [-0.25, -0.2) is 4.39 Å². The van der Waals surface area contributed by atoms with Crippen LogP contribution in [0.4, 0.5) is 4.39 Å². The third-order valence-electron chi connectivity index (χ3n) is 3.10. The molecule has 0 aromatic heterocycles. The van der Waals surface area contributed by atoms with Crippen molar-refractivity contribution in [3.8, 4) is 5.75 Å². The molecule has 0 aliphatic heterocycles. The van der Waals surface area contributed by atoms with Gasteiger partial charge in [0.05, 0.1) is 0 Å². The molecule has 1 saturated carbocycles. The monoisotopic (exact) mass is 195 g/mol. The Labute approximate surface area is 82.5 Å². The summed E-state index contributed by atoms with van der Waals surface area (Å²) >= 11 is 0. The second kappa shape index (κ2) is 2.95. The van der Waals surface area contributed by atoms with Crippen LogP contribution in [0.3, 0.4) is 0 Å². The molecule has 14 heavy (non-hydrogen) atoms. The van der Waals surface area contributed by atoms with Crippen molar-refractivity contribution in [2.24, 2.45) is 5.73 Å². The molecule has 0 saturated heterocycles. The number of aryl methyl sites for hydroxylation is 1. The number of hydrogen-bond acceptors (Lipinski definition) is 2.